The molecule has 0 aromatic heterocycles. The summed E-state index contributed by atoms with van der Waals surface area (Å²) >= 11 is 0. The van der Waals surface area contributed by atoms with Gasteiger partial charge in [-0.25, -0.2) is 4.79 Å². The molecule has 130 valence electrons. The monoisotopic (exact) mass is 320 g/mol. The van der Waals surface area contributed by atoms with E-state index < -0.39 is 5.60 Å². The normalized spacial score (nSPS) is 13.5. The van der Waals surface area contributed by atoms with Gasteiger partial charge in [0.1, 0.15) is 5.60 Å². The third-order valence-corrected chi connectivity index (χ3v) is 3.49. The summed E-state index contributed by atoms with van der Waals surface area (Å²) in [7, 11) is 0. The highest BCUT2D eigenvalue weighted by Gasteiger charge is 2.25. The van der Waals surface area contributed by atoms with Crippen molar-refractivity contribution in [2.75, 3.05) is 6.54 Å². The maximum atomic E-state index is 11.9. The average molecular weight is 320 g/mol. The highest BCUT2D eigenvalue weighted by atomic mass is 16.6. The summed E-state index contributed by atoms with van der Waals surface area (Å²) in [5, 5.41) is 6.49. The quantitative estimate of drug-likeness (QED) is 0.801. The molecule has 23 heavy (non-hydrogen) atoms. The molecule has 4 heteroatoms. The topological polar surface area (TPSA) is 50.4 Å². The largest absolute Gasteiger partial charge is 0.444 e. The Bertz CT molecular complexity index is 478. The Morgan fingerprint density at radius 2 is 1.74 bits per heavy atom. The second-order valence-corrected chi connectivity index (χ2v) is 7.69. The van der Waals surface area contributed by atoms with E-state index in [1.54, 1.807) is 0 Å². The van der Waals surface area contributed by atoms with E-state index >= 15 is 0 Å². The summed E-state index contributed by atoms with van der Waals surface area (Å²) < 4.78 is 5.32. The number of hydrogen-bond acceptors (Lipinski definition) is 3. The minimum atomic E-state index is -0.479. The van der Waals surface area contributed by atoms with E-state index in [1.165, 1.54) is 5.56 Å². The van der Waals surface area contributed by atoms with Gasteiger partial charge in [-0.15, -0.1) is 0 Å². The van der Waals surface area contributed by atoms with Gasteiger partial charge in [-0.2, -0.15) is 0 Å². The molecular formula is C19H32N2O2. The summed E-state index contributed by atoms with van der Waals surface area (Å²) in [6.45, 7) is 12.5. The number of carbonyl (C=O) groups excluding carboxylic acids is 1. The molecule has 0 spiro atoms. The molecule has 1 aromatic carbocycles. The molecule has 1 rings (SSSR count). The third-order valence-electron chi connectivity index (χ3n) is 3.49. The van der Waals surface area contributed by atoms with Gasteiger partial charge < -0.3 is 15.4 Å². The van der Waals surface area contributed by atoms with E-state index in [2.05, 4.69) is 41.8 Å². The number of rotatable bonds is 7. The van der Waals surface area contributed by atoms with Gasteiger partial charge in [0.15, 0.2) is 0 Å². The van der Waals surface area contributed by atoms with E-state index in [0.717, 1.165) is 12.8 Å². The highest BCUT2D eigenvalue weighted by Crippen LogP contribution is 2.10. The predicted octanol–water partition coefficient (Wildman–Crippen LogP) is 3.90. The van der Waals surface area contributed by atoms with Crippen LogP contribution in [0.25, 0.3) is 0 Å². The Kier molecular flexibility index (Phi) is 7.07. The molecule has 0 aliphatic rings. The van der Waals surface area contributed by atoms with Crippen LogP contribution in [0.4, 0.5) is 4.79 Å². The van der Waals surface area contributed by atoms with Crippen molar-refractivity contribution in [2.45, 2.75) is 71.6 Å². The average Bonchev–Trinajstić information content (AvgIpc) is 2.41. The van der Waals surface area contributed by atoms with Gasteiger partial charge in [-0.1, -0.05) is 37.3 Å². The smallest absolute Gasteiger partial charge is 0.408 e. The Balaban J connectivity index is 2.48. The van der Waals surface area contributed by atoms with Crippen LogP contribution in [0.5, 0.6) is 0 Å². The fourth-order valence-corrected chi connectivity index (χ4v) is 2.28. The molecule has 1 atom stereocenters. The standard InChI is InChI=1S/C19H32N2O2/c1-7-16(13-15-11-9-8-10-12-15)20-14-19(5,6)21-17(22)23-18(2,3)4/h8-12,16,20H,7,13-14H2,1-6H3,(H,21,22). The van der Waals surface area contributed by atoms with Gasteiger partial charge in [-0.3, -0.25) is 0 Å². The van der Waals surface area contributed by atoms with Gasteiger partial charge >= 0.3 is 6.09 Å². The van der Waals surface area contributed by atoms with Gasteiger partial charge in [0, 0.05) is 12.6 Å². The number of ether oxygens (including phenoxy) is 1. The van der Waals surface area contributed by atoms with E-state index in [9.17, 15) is 4.79 Å². The van der Waals surface area contributed by atoms with Crippen molar-refractivity contribution in [1.29, 1.82) is 0 Å². The van der Waals surface area contributed by atoms with Crippen LogP contribution in [0.1, 0.15) is 53.5 Å². The first-order valence-corrected chi connectivity index (χ1v) is 8.40. The molecule has 1 unspecified atom stereocenters. The first-order valence-electron chi connectivity index (χ1n) is 8.40. The second kappa shape index (κ2) is 8.34. The number of alkyl carbamates (subject to hydrolysis) is 1. The van der Waals surface area contributed by atoms with Crippen LogP contribution in [0, 0.1) is 0 Å². The first-order chi connectivity index (χ1) is 10.6. The number of amides is 1. The lowest BCUT2D eigenvalue weighted by Gasteiger charge is -2.30. The Labute approximate surface area is 141 Å². The molecule has 1 aromatic rings. The predicted molar refractivity (Wildman–Crippen MR) is 95.7 cm³/mol. The van der Waals surface area contributed by atoms with Crippen molar-refractivity contribution in [1.82, 2.24) is 10.6 Å². The zero-order valence-corrected chi connectivity index (χ0v) is 15.4. The molecule has 1 amide bonds. The molecule has 0 saturated carbocycles. The zero-order valence-electron chi connectivity index (χ0n) is 15.4. The third kappa shape index (κ3) is 8.60. The summed E-state index contributed by atoms with van der Waals surface area (Å²) in [4.78, 5) is 11.9. The van der Waals surface area contributed by atoms with Gasteiger partial charge in [0.05, 0.1) is 5.54 Å². The molecule has 0 heterocycles. The molecule has 0 aliphatic carbocycles. The maximum Gasteiger partial charge on any atom is 0.408 e. The van der Waals surface area contributed by atoms with E-state index in [-0.39, 0.29) is 11.6 Å². The lowest BCUT2D eigenvalue weighted by molar-refractivity contribution is 0.0470. The zero-order chi connectivity index (χ0) is 17.5. The van der Waals surface area contributed by atoms with E-state index in [4.69, 9.17) is 4.74 Å². The van der Waals surface area contributed by atoms with Crippen LogP contribution in [-0.2, 0) is 11.2 Å². The molecule has 0 saturated heterocycles. The van der Waals surface area contributed by atoms with Crippen molar-refractivity contribution in [2.24, 2.45) is 0 Å². The fourth-order valence-electron chi connectivity index (χ4n) is 2.28. The number of benzene rings is 1. The molecular weight excluding hydrogens is 288 g/mol. The van der Waals surface area contributed by atoms with Gasteiger partial charge in [0.25, 0.3) is 0 Å². The minimum absolute atomic E-state index is 0.369. The van der Waals surface area contributed by atoms with Crippen molar-refractivity contribution in [3.05, 3.63) is 35.9 Å². The fraction of sp³-hybridized carbons (Fsp3) is 0.632. The van der Waals surface area contributed by atoms with Crippen LogP contribution < -0.4 is 10.6 Å². The lowest BCUT2D eigenvalue weighted by Crippen LogP contribution is -2.53. The van der Waals surface area contributed by atoms with Crippen molar-refractivity contribution >= 4 is 6.09 Å². The van der Waals surface area contributed by atoms with E-state index in [1.807, 2.05) is 40.7 Å². The molecule has 4 nitrogen and oxygen atoms in total. The lowest BCUT2D eigenvalue weighted by atomic mass is 10.0. The Morgan fingerprint density at radius 1 is 1.13 bits per heavy atom. The molecule has 0 radical (unpaired) electrons. The summed E-state index contributed by atoms with van der Waals surface area (Å²) in [5.74, 6) is 0. The molecule has 0 bridgehead atoms. The number of nitrogens with one attached hydrogen (secondary N) is 2. The van der Waals surface area contributed by atoms with Gasteiger partial charge in [-0.05, 0) is 53.0 Å². The van der Waals surface area contributed by atoms with Crippen LogP contribution in [0.15, 0.2) is 30.3 Å². The van der Waals surface area contributed by atoms with Crippen LogP contribution in [-0.4, -0.2) is 29.8 Å². The second-order valence-electron chi connectivity index (χ2n) is 7.69. The first kappa shape index (κ1) is 19.5. The summed E-state index contributed by atoms with van der Waals surface area (Å²) in [6.07, 6.45) is 1.65. The van der Waals surface area contributed by atoms with Crippen LogP contribution in [0.2, 0.25) is 0 Å². The van der Waals surface area contributed by atoms with Crippen molar-refractivity contribution in [3.63, 3.8) is 0 Å². The molecule has 0 aliphatic heterocycles. The van der Waals surface area contributed by atoms with Gasteiger partial charge in [0.2, 0.25) is 0 Å². The number of carbonyl (C=O) groups is 1. The number of hydrogen-bond donors (Lipinski definition) is 2. The van der Waals surface area contributed by atoms with Crippen LogP contribution >= 0.6 is 0 Å². The van der Waals surface area contributed by atoms with E-state index in [0.29, 0.717) is 12.6 Å². The van der Waals surface area contributed by atoms with Crippen molar-refractivity contribution < 1.29 is 9.53 Å². The molecule has 0 fully saturated rings. The molecule has 2 N–H and O–H groups in total. The highest BCUT2D eigenvalue weighted by molar-refractivity contribution is 5.68. The SMILES string of the molecule is CCC(Cc1ccccc1)NCC(C)(C)NC(=O)OC(C)(C)C. The Morgan fingerprint density at radius 3 is 2.26 bits per heavy atom. The van der Waals surface area contributed by atoms with Crippen molar-refractivity contribution in [3.8, 4) is 0 Å². The Hall–Kier alpha value is -1.55. The maximum absolute atomic E-state index is 11.9. The summed E-state index contributed by atoms with van der Waals surface area (Å²) in [5.41, 5.74) is 0.476. The van der Waals surface area contributed by atoms with Crippen LogP contribution in [0.3, 0.4) is 0 Å². The summed E-state index contributed by atoms with van der Waals surface area (Å²) in [6, 6.07) is 10.8. The minimum Gasteiger partial charge on any atom is -0.444 e.